The molecule has 0 amide bonds. The van der Waals surface area contributed by atoms with Crippen molar-refractivity contribution in [2.45, 2.75) is 19.3 Å². The molecule has 2 aromatic rings. The maximum absolute atomic E-state index is 8.61. The van der Waals surface area contributed by atoms with Gasteiger partial charge in [0.05, 0.1) is 6.61 Å². The van der Waals surface area contributed by atoms with Crippen molar-refractivity contribution in [1.82, 2.24) is 4.98 Å². The Kier molecular flexibility index (Phi) is 3.77. The molecular formula is C12H15NO3. The first-order valence-electron chi connectivity index (χ1n) is 5.49. The fraction of sp³-hybridized carbons (Fsp3) is 0.417. The highest BCUT2D eigenvalue weighted by atomic mass is 16.6. The molecule has 1 heterocycles. The molecule has 0 aliphatic carbocycles. The highest BCUT2D eigenvalue weighted by molar-refractivity contribution is 5.72. The smallest absolute Gasteiger partial charge is 0.394 e. The number of aromatic nitrogens is 1. The molecule has 2 rings (SSSR count). The zero-order valence-electron chi connectivity index (χ0n) is 9.06. The molecule has 0 radical (unpaired) electrons. The molecule has 0 unspecified atom stereocenters. The predicted octanol–water partition coefficient (Wildman–Crippen LogP) is 2.37. The summed E-state index contributed by atoms with van der Waals surface area (Å²) in [6.45, 7) is 0.815. The predicted molar refractivity (Wildman–Crippen MR) is 60.4 cm³/mol. The molecule has 0 aliphatic rings. The number of aliphatic hydroxyl groups is 1. The summed E-state index contributed by atoms with van der Waals surface area (Å²) in [4.78, 5) is 4.19. The number of nitrogens with zero attached hydrogens (tertiary/aromatic N) is 1. The minimum absolute atomic E-state index is 0.239. The Labute approximate surface area is 93.9 Å². The van der Waals surface area contributed by atoms with Gasteiger partial charge in [0.2, 0.25) is 0 Å². The number of rotatable bonds is 6. The summed E-state index contributed by atoms with van der Waals surface area (Å²) in [6.07, 6.45) is 3.00. The summed E-state index contributed by atoms with van der Waals surface area (Å²) in [5.74, 6) is 0. The fourth-order valence-electron chi connectivity index (χ4n) is 1.46. The first kappa shape index (κ1) is 11.0. The lowest BCUT2D eigenvalue weighted by atomic mass is 10.2. The maximum atomic E-state index is 8.61. The number of ether oxygens (including phenoxy) is 1. The average molecular weight is 221 g/mol. The summed E-state index contributed by atoms with van der Waals surface area (Å²) in [7, 11) is 0. The number of hydrogen-bond donors (Lipinski definition) is 1. The molecule has 86 valence electrons. The number of hydrogen-bond acceptors (Lipinski definition) is 4. The van der Waals surface area contributed by atoms with Crippen molar-refractivity contribution in [1.29, 1.82) is 0 Å². The highest BCUT2D eigenvalue weighted by Crippen LogP contribution is 2.19. The maximum Gasteiger partial charge on any atom is 0.394 e. The Bertz CT molecular complexity index is 406. The molecule has 4 nitrogen and oxygen atoms in total. The fourth-order valence-corrected chi connectivity index (χ4v) is 1.46. The molecule has 0 saturated heterocycles. The van der Waals surface area contributed by atoms with E-state index in [9.17, 15) is 0 Å². The third-order valence-corrected chi connectivity index (χ3v) is 2.30. The lowest BCUT2D eigenvalue weighted by Gasteiger charge is -1.99. The van der Waals surface area contributed by atoms with Crippen LogP contribution in [0.4, 0.5) is 0 Å². The quantitative estimate of drug-likeness (QED) is 0.761. The molecular weight excluding hydrogens is 206 g/mol. The van der Waals surface area contributed by atoms with Crippen LogP contribution >= 0.6 is 0 Å². The lowest BCUT2D eigenvalue weighted by Crippen LogP contribution is -1.97. The number of unbranched alkanes of at least 4 members (excludes halogenated alkanes) is 2. The van der Waals surface area contributed by atoms with Crippen molar-refractivity contribution < 1.29 is 14.3 Å². The van der Waals surface area contributed by atoms with E-state index in [0.717, 1.165) is 30.4 Å². The van der Waals surface area contributed by atoms with Gasteiger partial charge in [-0.05, 0) is 31.4 Å². The molecule has 1 aromatic carbocycles. The summed E-state index contributed by atoms with van der Waals surface area (Å²) in [6, 6.07) is 7.56. The van der Waals surface area contributed by atoms with Crippen LogP contribution in [-0.2, 0) is 0 Å². The van der Waals surface area contributed by atoms with Crippen LogP contribution in [0.2, 0.25) is 0 Å². The standard InChI is InChI=1S/C12H15NO3/c14-8-4-1-5-9-15-12-13-10-6-2-3-7-11(10)16-12/h2-3,6-7,14H,1,4-5,8-9H2. The SMILES string of the molecule is OCCCCCOc1nc2ccccc2o1. The Morgan fingerprint density at radius 2 is 2.06 bits per heavy atom. The van der Waals surface area contributed by atoms with Gasteiger partial charge in [-0.3, -0.25) is 0 Å². The van der Waals surface area contributed by atoms with Crippen LogP contribution in [0, 0.1) is 0 Å². The molecule has 4 heteroatoms. The molecule has 0 aliphatic heterocycles. The van der Waals surface area contributed by atoms with Crippen LogP contribution in [0.3, 0.4) is 0 Å². The summed E-state index contributed by atoms with van der Waals surface area (Å²) >= 11 is 0. The third kappa shape index (κ3) is 2.73. The van der Waals surface area contributed by atoms with Gasteiger partial charge in [0.15, 0.2) is 5.58 Å². The van der Waals surface area contributed by atoms with Gasteiger partial charge >= 0.3 is 6.08 Å². The van der Waals surface area contributed by atoms with Gasteiger partial charge in [-0.25, -0.2) is 0 Å². The lowest BCUT2D eigenvalue weighted by molar-refractivity contribution is 0.223. The number of oxazole rings is 1. The second-order valence-electron chi connectivity index (χ2n) is 3.58. The summed E-state index contributed by atoms with van der Waals surface area (Å²) < 4.78 is 10.8. The van der Waals surface area contributed by atoms with Crippen molar-refractivity contribution in [3.05, 3.63) is 24.3 Å². The molecule has 16 heavy (non-hydrogen) atoms. The van der Waals surface area contributed by atoms with E-state index in [1.54, 1.807) is 0 Å². The van der Waals surface area contributed by atoms with Gasteiger partial charge < -0.3 is 14.3 Å². The van der Waals surface area contributed by atoms with E-state index in [2.05, 4.69) is 4.98 Å². The van der Waals surface area contributed by atoms with E-state index in [1.807, 2.05) is 24.3 Å². The normalized spacial score (nSPS) is 10.8. The van der Waals surface area contributed by atoms with Crippen molar-refractivity contribution in [3.63, 3.8) is 0 Å². The molecule has 0 bridgehead atoms. The second kappa shape index (κ2) is 5.51. The first-order valence-corrected chi connectivity index (χ1v) is 5.49. The van der Waals surface area contributed by atoms with Crippen LogP contribution < -0.4 is 4.74 Å². The van der Waals surface area contributed by atoms with Crippen LogP contribution in [0.1, 0.15) is 19.3 Å². The minimum atomic E-state index is 0.239. The van der Waals surface area contributed by atoms with Crippen LogP contribution in [0.15, 0.2) is 28.7 Å². The monoisotopic (exact) mass is 221 g/mol. The Morgan fingerprint density at radius 3 is 2.88 bits per heavy atom. The largest absolute Gasteiger partial charge is 0.450 e. The summed E-state index contributed by atoms with van der Waals surface area (Å²) in [5.41, 5.74) is 1.56. The number of aliphatic hydroxyl groups excluding tert-OH is 1. The van der Waals surface area contributed by atoms with Crippen molar-refractivity contribution in [3.8, 4) is 6.08 Å². The van der Waals surface area contributed by atoms with Crippen molar-refractivity contribution >= 4 is 11.1 Å². The van der Waals surface area contributed by atoms with Gasteiger partial charge in [-0.15, -0.1) is 0 Å². The molecule has 1 aromatic heterocycles. The van der Waals surface area contributed by atoms with Crippen LogP contribution in [-0.4, -0.2) is 23.3 Å². The van der Waals surface area contributed by atoms with Gasteiger partial charge in [0, 0.05) is 6.61 Å². The van der Waals surface area contributed by atoms with E-state index < -0.39 is 0 Å². The zero-order valence-corrected chi connectivity index (χ0v) is 9.06. The molecule has 1 N–H and O–H groups in total. The number of para-hydroxylation sites is 2. The van der Waals surface area contributed by atoms with Crippen molar-refractivity contribution in [2.24, 2.45) is 0 Å². The van der Waals surface area contributed by atoms with Gasteiger partial charge in [0.1, 0.15) is 5.52 Å². The van der Waals surface area contributed by atoms with Gasteiger partial charge in [-0.2, -0.15) is 4.98 Å². The number of benzene rings is 1. The average Bonchev–Trinajstić information content (AvgIpc) is 2.71. The Hall–Kier alpha value is -1.55. The van der Waals surface area contributed by atoms with E-state index in [-0.39, 0.29) is 6.61 Å². The first-order chi connectivity index (χ1) is 7.90. The molecule has 0 spiro atoms. The molecule has 0 atom stereocenters. The Morgan fingerprint density at radius 1 is 1.19 bits per heavy atom. The highest BCUT2D eigenvalue weighted by Gasteiger charge is 2.04. The van der Waals surface area contributed by atoms with E-state index in [4.69, 9.17) is 14.3 Å². The summed E-state index contributed by atoms with van der Waals surface area (Å²) in [5, 5.41) is 8.61. The molecule has 0 saturated carbocycles. The van der Waals surface area contributed by atoms with Gasteiger partial charge in [-0.1, -0.05) is 12.1 Å². The van der Waals surface area contributed by atoms with Crippen molar-refractivity contribution in [2.75, 3.05) is 13.2 Å². The minimum Gasteiger partial charge on any atom is -0.450 e. The van der Waals surface area contributed by atoms with Crippen LogP contribution in [0.5, 0.6) is 6.08 Å². The van der Waals surface area contributed by atoms with Gasteiger partial charge in [0.25, 0.3) is 0 Å². The van der Waals surface area contributed by atoms with Crippen LogP contribution in [0.25, 0.3) is 11.1 Å². The topological polar surface area (TPSA) is 55.5 Å². The zero-order chi connectivity index (χ0) is 11.2. The van der Waals surface area contributed by atoms with E-state index in [0.29, 0.717) is 12.7 Å². The molecule has 0 fully saturated rings. The third-order valence-electron chi connectivity index (χ3n) is 2.30. The Balaban J connectivity index is 1.85. The second-order valence-corrected chi connectivity index (χ2v) is 3.58. The van der Waals surface area contributed by atoms with E-state index in [1.165, 1.54) is 0 Å². The number of fused-ring (bicyclic) bond motifs is 1. The van der Waals surface area contributed by atoms with E-state index >= 15 is 0 Å².